The van der Waals surface area contributed by atoms with E-state index in [-0.39, 0.29) is 12.8 Å². The van der Waals surface area contributed by atoms with Gasteiger partial charge in [-0.25, -0.2) is 9.36 Å². The lowest BCUT2D eigenvalue weighted by molar-refractivity contribution is -0.147. The molecule has 0 heterocycles. The molecule has 3 atom stereocenters. The monoisotopic (exact) mass is 970 g/mol. The number of hydrogen-bond donors (Lipinski definition) is 4. The molecule has 0 aliphatic carbocycles. The summed E-state index contributed by atoms with van der Waals surface area (Å²) in [5.41, 5.74) is 0. The van der Waals surface area contributed by atoms with E-state index in [0.717, 1.165) is 109 Å². The molecule has 0 spiro atoms. The number of aliphatic hydroxyl groups excluding tert-OH is 1. The maximum absolute atomic E-state index is 12.4. The number of allylic oxidation sites excluding steroid dienone is 18. The van der Waals surface area contributed by atoms with E-state index >= 15 is 0 Å². The van der Waals surface area contributed by atoms with E-state index < -0.39 is 57.6 Å². The molecule has 0 bridgehead atoms. The first-order valence-corrected chi connectivity index (χ1v) is 27.4. The van der Waals surface area contributed by atoms with Gasteiger partial charge >= 0.3 is 19.8 Å². The Balaban J connectivity index is 3.92. The molecule has 386 valence electrons. The quantitative estimate of drug-likeness (QED) is 0.0199. The molecule has 0 saturated heterocycles. The number of carbonyl (C=O) groups excluding carboxylic acids is 2. The van der Waals surface area contributed by atoms with Crippen LogP contribution in [0.4, 0.5) is 0 Å². The molecule has 11 nitrogen and oxygen atoms in total. The SMILES string of the molecule is CC/C=C\C/C=C\C/C=C\C/C=C\C/C=C\C/C=C\CCCCCCC(=O)OCC(O)COP(=O)(O)OCC(NC(=O)CCCCCCCCCC/C=C\C/C=C\C/C=C\CCCCC)C(=O)O. The van der Waals surface area contributed by atoms with Crippen LogP contribution in [0.2, 0.25) is 0 Å². The summed E-state index contributed by atoms with van der Waals surface area (Å²) in [5.74, 6) is -2.42. The number of aliphatic carboxylic acids is 1. The van der Waals surface area contributed by atoms with Gasteiger partial charge in [-0.05, 0) is 103 Å². The third kappa shape index (κ3) is 48.6. The number of ether oxygens (including phenoxy) is 1. The van der Waals surface area contributed by atoms with Gasteiger partial charge in [-0.3, -0.25) is 18.6 Å². The van der Waals surface area contributed by atoms with E-state index in [1.165, 1.54) is 44.9 Å². The summed E-state index contributed by atoms with van der Waals surface area (Å²) in [4.78, 5) is 46.2. The number of hydrogen-bond acceptors (Lipinski definition) is 8. The number of aliphatic hydroxyl groups is 1. The van der Waals surface area contributed by atoms with Gasteiger partial charge in [0.25, 0.3) is 0 Å². The maximum Gasteiger partial charge on any atom is 0.472 e. The van der Waals surface area contributed by atoms with Gasteiger partial charge in [-0.2, -0.15) is 0 Å². The first kappa shape index (κ1) is 64.1. The number of carboxylic acid groups (broad SMARTS) is 1. The highest BCUT2D eigenvalue weighted by Gasteiger charge is 2.28. The second kappa shape index (κ2) is 49.6. The Kier molecular flexibility index (Phi) is 46.7. The molecule has 0 aliphatic rings. The number of phosphoric ester groups is 1. The van der Waals surface area contributed by atoms with E-state index in [1.54, 1.807) is 0 Å². The Morgan fingerprint density at radius 2 is 0.853 bits per heavy atom. The lowest BCUT2D eigenvalue weighted by Gasteiger charge is -2.18. The lowest BCUT2D eigenvalue weighted by atomic mass is 10.1. The van der Waals surface area contributed by atoms with Crippen LogP contribution >= 0.6 is 7.82 Å². The molecule has 0 radical (unpaired) electrons. The maximum atomic E-state index is 12.4. The van der Waals surface area contributed by atoms with Crippen molar-refractivity contribution in [3.8, 4) is 0 Å². The van der Waals surface area contributed by atoms with Gasteiger partial charge in [0.15, 0.2) is 6.04 Å². The summed E-state index contributed by atoms with van der Waals surface area (Å²) in [6.07, 6.45) is 65.3. The molecular weight excluding hydrogens is 878 g/mol. The lowest BCUT2D eigenvalue weighted by Crippen LogP contribution is -2.43. The Morgan fingerprint density at radius 1 is 0.485 bits per heavy atom. The van der Waals surface area contributed by atoms with Gasteiger partial charge in [0.1, 0.15) is 12.7 Å². The standard InChI is InChI=1S/C56H92NO10P/c1-3-5-7-9-11-13-15-17-19-21-23-25-26-28-30-32-34-36-38-40-42-44-46-48-55(60)65-49-52(58)50-66-68(63,64)67-51-53(56(61)62)57-54(59)47-45-43-41-39-37-35-33-31-29-27-24-22-20-18-16-14-12-10-8-6-4-2/h5,7,11-14,17-20,23-25,27-28,30,34,36,52-53,58H,3-4,6,8-10,15-16,21-22,26,29,31-33,35,37-51H2,1-2H3,(H,57,59)(H,61,62)(H,63,64)/b7-5-,13-11-,14-12-,19-17-,20-18-,25-23-,27-24-,30-28-,36-34-. The predicted molar refractivity (Wildman–Crippen MR) is 281 cm³/mol. The third-order valence-corrected chi connectivity index (χ3v) is 11.5. The fourth-order valence-corrected chi connectivity index (χ4v) is 7.33. The molecule has 3 unspecified atom stereocenters. The highest BCUT2D eigenvalue weighted by Crippen LogP contribution is 2.43. The number of phosphoric acid groups is 1. The van der Waals surface area contributed by atoms with Crippen molar-refractivity contribution in [1.82, 2.24) is 5.32 Å². The summed E-state index contributed by atoms with van der Waals surface area (Å²) in [5, 5.41) is 21.9. The zero-order valence-electron chi connectivity index (χ0n) is 42.1. The minimum Gasteiger partial charge on any atom is -0.480 e. The molecule has 0 aromatic rings. The normalized spacial score (nSPS) is 14.4. The van der Waals surface area contributed by atoms with E-state index in [9.17, 15) is 34.1 Å². The number of nitrogens with one attached hydrogen (secondary N) is 1. The van der Waals surface area contributed by atoms with Crippen LogP contribution in [0.1, 0.15) is 194 Å². The number of rotatable bonds is 47. The van der Waals surface area contributed by atoms with Crippen LogP contribution < -0.4 is 5.32 Å². The fraction of sp³-hybridized carbons (Fsp3) is 0.625. The van der Waals surface area contributed by atoms with Gasteiger partial charge in [-0.15, -0.1) is 0 Å². The van der Waals surface area contributed by atoms with Gasteiger partial charge < -0.3 is 25.2 Å². The van der Waals surface area contributed by atoms with Crippen molar-refractivity contribution in [2.45, 2.75) is 206 Å². The van der Waals surface area contributed by atoms with Crippen molar-refractivity contribution in [2.75, 3.05) is 19.8 Å². The summed E-state index contributed by atoms with van der Waals surface area (Å²) in [6, 6.07) is -1.56. The molecule has 12 heteroatoms. The number of carboxylic acids is 1. The second-order valence-electron chi connectivity index (χ2n) is 17.0. The van der Waals surface area contributed by atoms with Crippen LogP contribution in [0.25, 0.3) is 0 Å². The Bertz CT molecular complexity index is 1560. The number of unbranched alkanes of at least 4 members (excludes halogenated alkanes) is 15. The molecule has 0 aromatic heterocycles. The topological polar surface area (TPSA) is 169 Å². The summed E-state index contributed by atoms with van der Waals surface area (Å²) >= 11 is 0. The van der Waals surface area contributed by atoms with Crippen molar-refractivity contribution in [1.29, 1.82) is 0 Å². The van der Waals surface area contributed by atoms with Crippen LogP contribution in [0.5, 0.6) is 0 Å². The van der Waals surface area contributed by atoms with Crippen molar-refractivity contribution in [3.05, 3.63) is 109 Å². The number of esters is 1. The van der Waals surface area contributed by atoms with Crippen LogP contribution in [0.3, 0.4) is 0 Å². The Hall–Kier alpha value is -3.86. The predicted octanol–water partition coefficient (Wildman–Crippen LogP) is 14.6. The molecule has 1 amide bonds. The second-order valence-corrected chi connectivity index (χ2v) is 18.4. The van der Waals surface area contributed by atoms with E-state index in [4.69, 9.17) is 13.8 Å². The highest BCUT2D eigenvalue weighted by atomic mass is 31.2. The minimum atomic E-state index is -4.78. The molecule has 0 saturated carbocycles. The summed E-state index contributed by atoms with van der Waals surface area (Å²) < 4.78 is 26.9. The first-order valence-electron chi connectivity index (χ1n) is 25.9. The summed E-state index contributed by atoms with van der Waals surface area (Å²) in [6.45, 7) is 2.42. The van der Waals surface area contributed by atoms with Crippen molar-refractivity contribution in [2.24, 2.45) is 0 Å². The van der Waals surface area contributed by atoms with Crippen molar-refractivity contribution >= 4 is 25.7 Å². The molecule has 0 rings (SSSR count). The molecule has 0 aromatic carbocycles. The van der Waals surface area contributed by atoms with Crippen LogP contribution in [0, 0.1) is 0 Å². The average molecular weight is 970 g/mol. The molecule has 68 heavy (non-hydrogen) atoms. The molecule has 0 fully saturated rings. The summed E-state index contributed by atoms with van der Waals surface area (Å²) in [7, 11) is -4.78. The van der Waals surface area contributed by atoms with Gasteiger partial charge in [0.2, 0.25) is 5.91 Å². The van der Waals surface area contributed by atoms with Crippen LogP contribution in [-0.4, -0.2) is 64.9 Å². The molecular formula is C56H92NO10P. The minimum absolute atomic E-state index is 0.129. The zero-order valence-corrected chi connectivity index (χ0v) is 43.0. The number of amides is 1. The fourth-order valence-electron chi connectivity index (χ4n) is 6.56. The van der Waals surface area contributed by atoms with E-state index in [0.29, 0.717) is 12.8 Å². The largest absolute Gasteiger partial charge is 0.480 e. The van der Waals surface area contributed by atoms with Gasteiger partial charge in [0.05, 0.1) is 13.2 Å². The molecule has 4 N–H and O–H groups in total. The third-order valence-electron chi connectivity index (χ3n) is 10.5. The molecule has 0 aliphatic heterocycles. The zero-order chi connectivity index (χ0) is 49.9. The van der Waals surface area contributed by atoms with Crippen molar-refractivity contribution < 1.29 is 47.8 Å². The van der Waals surface area contributed by atoms with E-state index in [1.807, 2.05) is 0 Å². The van der Waals surface area contributed by atoms with Crippen molar-refractivity contribution in [3.63, 3.8) is 0 Å². The van der Waals surface area contributed by atoms with Crippen LogP contribution in [0.15, 0.2) is 109 Å². The average Bonchev–Trinajstić information content (AvgIpc) is 3.32. The van der Waals surface area contributed by atoms with Gasteiger partial charge in [-0.1, -0.05) is 187 Å². The first-order chi connectivity index (χ1) is 33.1. The highest BCUT2D eigenvalue weighted by molar-refractivity contribution is 7.47. The Morgan fingerprint density at radius 3 is 1.28 bits per heavy atom. The Labute approximate surface area is 412 Å². The number of carbonyl (C=O) groups is 3. The van der Waals surface area contributed by atoms with Crippen LogP contribution in [-0.2, 0) is 32.7 Å². The smallest absolute Gasteiger partial charge is 0.472 e. The van der Waals surface area contributed by atoms with Gasteiger partial charge in [0, 0.05) is 12.8 Å². The van der Waals surface area contributed by atoms with E-state index in [2.05, 4.69) is 129 Å².